The zero-order chi connectivity index (χ0) is 15.4. The van der Waals surface area contributed by atoms with E-state index < -0.39 is 41.3 Å². The quantitative estimate of drug-likeness (QED) is 0.769. The van der Waals surface area contributed by atoms with Gasteiger partial charge >= 0.3 is 12.3 Å². The average Bonchev–Trinajstić information content (AvgIpc) is 2.81. The molecular formula is C13H11F3N2O3. The van der Waals surface area contributed by atoms with Crippen LogP contribution in [0.5, 0.6) is 0 Å². The fraction of sp³-hybridized carbons (Fsp3) is 0.385. The number of rotatable bonds is 0. The number of likely N-dealkylation sites (tertiary alicyclic amines) is 1. The van der Waals surface area contributed by atoms with E-state index in [0.717, 1.165) is 11.0 Å². The fourth-order valence-corrected chi connectivity index (χ4v) is 3.03. The van der Waals surface area contributed by atoms with Crippen molar-refractivity contribution in [3.63, 3.8) is 0 Å². The van der Waals surface area contributed by atoms with E-state index in [9.17, 15) is 22.8 Å². The Kier molecular flexibility index (Phi) is 2.86. The van der Waals surface area contributed by atoms with Crippen LogP contribution in [0.25, 0.3) is 0 Å². The molecule has 0 saturated carbocycles. The monoisotopic (exact) mass is 300 g/mol. The van der Waals surface area contributed by atoms with Gasteiger partial charge in [0.2, 0.25) is 0 Å². The number of nitrogens with one attached hydrogen (secondary N) is 1. The molecule has 2 unspecified atom stereocenters. The normalized spacial score (nSPS) is 24.3. The number of carboxylic acid groups (broad SMARTS) is 1. The van der Waals surface area contributed by atoms with Gasteiger partial charge in [0.1, 0.15) is 0 Å². The van der Waals surface area contributed by atoms with Crippen molar-refractivity contribution in [2.24, 2.45) is 0 Å². The van der Waals surface area contributed by atoms with Gasteiger partial charge in [0, 0.05) is 19.0 Å². The Balaban J connectivity index is 2.09. The Labute approximate surface area is 117 Å². The second-order valence-corrected chi connectivity index (χ2v) is 5.14. The molecule has 2 heterocycles. The van der Waals surface area contributed by atoms with E-state index in [-0.39, 0.29) is 18.7 Å². The third-order valence-corrected chi connectivity index (χ3v) is 3.94. The topological polar surface area (TPSA) is 69.6 Å². The number of amides is 2. The van der Waals surface area contributed by atoms with E-state index >= 15 is 0 Å². The van der Waals surface area contributed by atoms with Gasteiger partial charge in [-0.1, -0.05) is 12.1 Å². The first kappa shape index (κ1) is 13.7. The Bertz CT molecular complexity index is 630. The fourth-order valence-electron chi connectivity index (χ4n) is 3.03. The van der Waals surface area contributed by atoms with Gasteiger partial charge in [-0.2, -0.15) is 13.2 Å². The van der Waals surface area contributed by atoms with Crippen molar-refractivity contribution >= 4 is 12.0 Å². The van der Waals surface area contributed by atoms with Crippen LogP contribution < -0.4 is 5.32 Å². The highest BCUT2D eigenvalue weighted by atomic mass is 19.4. The Morgan fingerprint density at radius 3 is 2.67 bits per heavy atom. The molecule has 0 bridgehead atoms. The second-order valence-electron chi connectivity index (χ2n) is 5.14. The first-order valence-corrected chi connectivity index (χ1v) is 6.28. The van der Waals surface area contributed by atoms with E-state index in [1.807, 2.05) is 0 Å². The van der Waals surface area contributed by atoms with Crippen LogP contribution in [0.4, 0.5) is 18.0 Å². The number of fused-ring (bicyclic) bond motifs is 3. The molecule has 5 nitrogen and oxygen atoms in total. The molecule has 1 aromatic rings. The van der Waals surface area contributed by atoms with Gasteiger partial charge < -0.3 is 15.3 Å². The number of halogens is 3. The van der Waals surface area contributed by atoms with Crippen LogP contribution in [0.15, 0.2) is 18.2 Å². The molecule has 8 heteroatoms. The molecule has 112 valence electrons. The molecule has 2 N–H and O–H groups in total. The molecule has 2 atom stereocenters. The minimum Gasteiger partial charge on any atom is -0.465 e. The van der Waals surface area contributed by atoms with Crippen LogP contribution in [0.3, 0.4) is 0 Å². The SMILES string of the molecule is O=C1NC2CN(C(=O)O)CC2c2cccc(C(F)(F)F)c21. The number of nitrogens with zero attached hydrogens (tertiary/aromatic N) is 1. The molecule has 2 aliphatic rings. The van der Waals surface area contributed by atoms with Crippen LogP contribution in [-0.4, -0.2) is 41.1 Å². The molecule has 0 radical (unpaired) electrons. The van der Waals surface area contributed by atoms with Gasteiger partial charge in [-0.25, -0.2) is 4.79 Å². The summed E-state index contributed by atoms with van der Waals surface area (Å²) in [7, 11) is 0. The lowest BCUT2D eigenvalue weighted by atomic mass is 9.84. The second kappa shape index (κ2) is 4.37. The highest BCUT2D eigenvalue weighted by Gasteiger charge is 2.45. The Hall–Kier alpha value is -2.25. The minimum absolute atomic E-state index is 0.0780. The summed E-state index contributed by atoms with van der Waals surface area (Å²) in [6.45, 7) is 0.163. The molecule has 1 aromatic carbocycles. The zero-order valence-electron chi connectivity index (χ0n) is 10.6. The van der Waals surface area contributed by atoms with Gasteiger partial charge in [0.15, 0.2) is 0 Å². The molecule has 0 spiro atoms. The van der Waals surface area contributed by atoms with E-state index in [0.29, 0.717) is 0 Å². The van der Waals surface area contributed by atoms with Crippen LogP contribution in [0.2, 0.25) is 0 Å². The first-order chi connectivity index (χ1) is 9.79. The number of hydrogen-bond donors (Lipinski definition) is 2. The summed E-state index contributed by atoms with van der Waals surface area (Å²) in [5.74, 6) is -1.25. The Morgan fingerprint density at radius 1 is 1.33 bits per heavy atom. The van der Waals surface area contributed by atoms with Crippen LogP contribution >= 0.6 is 0 Å². The highest BCUT2D eigenvalue weighted by molar-refractivity contribution is 5.99. The van der Waals surface area contributed by atoms with E-state index in [1.165, 1.54) is 12.1 Å². The van der Waals surface area contributed by atoms with Crippen molar-refractivity contribution < 1.29 is 27.9 Å². The van der Waals surface area contributed by atoms with E-state index in [2.05, 4.69) is 5.32 Å². The summed E-state index contributed by atoms with van der Waals surface area (Å²) in [6, 6.07) is 3.10. The summed E-state index contributed by atoms with van der Waals surface area (Å²) in [5, 5.41) is 11.5. The van der Waals surface area contributed by atoms with E-state index in [1.54, 1.807) is 0 Å². The number of alkyl halides is 3. The summed E-state index contributed by atoms with van der Waals surface area (Å²) in [4.78, 5) is 24.1. The van der Waals surface area contributed by atoms with Crippen molar-refractivity contribution in [3.8, 4) is 0 Å². The maximum absolute atomic E-state index is 13.0. The molecule has 0 aliphatic carbocycles. The van der Waals surface area contributed by atoms with Crippen molar-refractivity contribution in [3.05, 3.63) is 34.9 Å². The van der Waals surface area contributed by atoms with Gasteiger partial charge in [-0.15, -0.1) is 0 Å². The van der Waals surface area contributed by atoms with Crippen LogP contribution in [0.1, 0.15) is 27.4 Å². The summed E-state index contributed by atoms with van der Waals surface area (Å²) in [6.07, 6.45) is -5.77. The molecule has 2 aliphatic heterocycles. The minimum atomic E-state index is -4.62. The first-order valence-electron chi connectivity index (χ1n) is 6.28. The molecule has 1 saturated heterocycles. The molecule has 2 amide bonds. The maximum Gasteiger partial charge on any atom is 0.417 e. The summed E-state index contributed by atoms with van der Waals surface area (Å²) < 4.78 is 39.0. The number of carbonyl (C=O) groups excluding carboxylic acids is 1. The van der Waals surface area contributed by atoms with Crippen LogP contribution in [0, 0.1) is 0 Å². The van der Waals surface area contributed by atoms with Gasteiger partial charge in [-0.3, -0.25) is 4.79 Å². The lowest BCUT2D eigenvalue weighted by Gasteiger charge is -2.29. The predicted octanol–water partition coefficient (Wildman–Crippen LogP) is 1.89. The maximum atomic E-state index is 13.0. The van der Waals surface area contributed by atoms with Crippen LogP contribution in [-0.2, 0) is 6.18 Å². The lowest BCUT2D eigenvalue weighted by molar-refractivity contribution is -0.138. The van der Waals surface area contributed by atoms with Crippen molar-refractivity contribution in [1.29, 1.82) is 0 Å². The highest BCUT2D eigenvalue weighted by Crippen LogP contribution is 2.40. The van der Waals surface area contributed by atoms with Crippen molar-refractivity contribution in [2.45, 2.75) is 18.1 Å². The van der Waals surface area contributed by atoms with Gasteiger partial charge in [0.05, 0.1) is 17.2 Å². The van der Waals surface area contributed by atoms with E-state index in [4.69, 9.17) is 5.11 Å². The van der Waals surface area contributed by atoms with Crippen molar-refractivity contribution in [2.75, 3.05) is 13.1 Å². The van der Waals surface area contributed by atoms with Gasteiger partial charge in [-0.05, 0) is 11.6 Å². The summed E-state index contributed by atoms with van der Waals surface area (Å²) >= 11 is 0. The lowest BCUT2D eigenvalue weighted by Crippen LogP contribution is -2.45. The molecule has 0 aromatic heterocycles. The Morgan fingerprint density at radius 2 is 2.05 bits per heavy atom. The predicted molar refractivity (Wildman–Crippen MR) is 65.0 cm³/mol. The van der Waals surface area contributed by atoms with Crippen molar-refractivity contribution in [1.82, 2.24) is 10.2 Å². The largest absolute Gasteiger partial charge is 0.465 e. The molecule has 1 fully saturated rings. The number of hydrogen-bond acceptors (Lipinski definition) is 2. The third-order valence-electron chi connectivity index (χ3n) is 3.94. The standard InChI is InChI=1S/C13H11F3N2O3/c14-13(15,16)8-3-1-2-6-7-4-18(12(20)21)5-9(7)17-11(19)10(6)8/h1-3,7,9H,4-5H2,(H,17,19)(H,20,21). The third kappa shape index (κ3) is 2.10. The summed E-state index contributed by atoms with van der Waals surface area (Å²) in [5.41, 5.74) is -1.11. The molecule has 3 rings (SSSR count). The molecular weight excluding hydrogens is 289 g/mol. The number of benzene rings is 1. The van der Waals surface area contributed by atoms with Gasteiger partial charge in [0.25, 0.3) is 5.91 Å². The number of carbonyl (C=O) groups is 2. The smallest absolute Gasteiger partial charge is 0.417 e. The average molecular weight is 300 g/mol. The zero-order valence-corrected chi connectivity index (χ0v) is 10.6. The molecule has 21 heavy (non-hydrogen) atoms.